The van der Waals surface area contributed by atoms with Crippen molar-refractivity contribution in [2.45, 2.75) is 25.7 Å². The van der Waals surface area contributed by atoms with E-state index in [0.717, 1.165) is 12.8 Å². The third-order valence-corrected chi connectivity index (χ3v) is 6.47. The Balaban J connectivity index is 1.93. The summed E-state index contributed by atoms with van der Waals surface area (Å²) in [7, 11) is -2.92. The van der Waals surface area contributed by atoms with E-state index < -0.39 is 15.3 Å². The minimum Gasteiger partial charge on any atom is -0.229 e. The highest BCUT2D eigenvalue weighted by molar-refractivity contribution is 7.91. The minimum absolute atomic E-state index is 0.0101. The molecule has 0 amide bonds. The van der Waals surface area contributed by atoms with Crippen LogP contribution in [0, 0.1) is 22.7 Å². The molecular weight excluding hydrogens is 258 g/mol. The first-order chi connectivity index (χ1) is 9.05. The predicted octanol–water partition coefficient (Wildman–Crippen LogP) is 2.12. The van der Waals surface area contributed by atoms with Gasteiger partial charge < -0.3 is 0 Å². The normalized spacial score (nSPS) is 32.5. The summed E-state index contributed by atoms with van der Waals surface area (Å²) in [4.78, 5) is 0. The summed E-state index contributed by atoms with van der Waals surface area (Å²) in [5, 5.41) is 9.65. The van der Waals surface area contributed by atoms with Gasteiger partial charge in [0.05, 0.1) is 23.0 Å². The second-order valence-corrected chi connectivity index (χ2v) is 8.04. The summed E-state index contributed by atoms with van der Waals surface area (Å²) >= 11 is 0. The maximum absolute atomic E-state index is 11.7. The Kier molecular flexibility index (Phi) is 2.90. The third-order valence-electron chi connectivity index (χ3n) is 4.70. The molecule has 1 heterocycles. The number of sulfone groups is 1. The maximum Gasteiger partial charge on any atom is 0.150 e. The summed E-state index contributed by atoms with van der Waals surface area (Å²) in [6.45, 7) is 0. The molecule has 0 aromatic heterocycles. The lowest BCUT2D eigenvalue weighted by molar-refractivity contribution is 0.229. The number of fused-ring (bicyclic) bond motifs is 1. The highest BCUT2D eigenvalue weighted by atomic mass is 32.2. The van der Waals surface area contributed by atoms with E-state index in [1.807, 2.05) is 12.1 Å². The van der Waals surface area contributed by atoms with Gasteiger partial charge in [0.15, 0.2) is 9.84 Å². The van der Waals surface area contributed by atoms with E-state index >= 15 is 0 Å². The van der Waals surface area contributed by atoms with E-state index in [1.165, 1.54) is 11.1 Å². The van der Waals surface area contributed by atoms with Crippen molar-refractivity contribution in [1.82, 2.24) is 0 Å². The molecule has 0 spiro atoms. The van der Waals surface area contributed by atoms with Crippen LogP contribution in [-0.4, -0.2) is 19.9 Å². The van der Waals surface area contributed by atoms with Crippen LogP contribution in [0.25, 0.3) is 0 Å². The topological polar surface area (TPSA) is 57.9 Å². The molecular formula is C15H17NO2S. The Morgan fingerprint density at radius 3 is 2.63 bits per heavy atom. The Morgan fingerprint density at radius 2 is 2.00 bits per heavy atom. The number of aryl methyl sites for hydroxylation is 1. The first kappa shape index (κ1) is 12.7. The van der Waals surface area contributed by atoms with E-state index in [-0.39, 0.29) is 17.4 Å². The largest absolute Gasteiger partial charge is 0.229 e. The van der Waals surface area contributed by atoms with Crippen LogP contribution in [0.4, 0.5) is 0 Å². The molecule has 1 aromatic carbocycles. The number of hydrogen-bond acceptors (Lipinski definition) is 3. The fraction of sp³-hybridized carbons (Fsp3) is 0.533. The molecule has 19 heavy (non-hydrogen) atoms. The molecule has 2 aliphatic rings. The molecule has 1 aliphatic heterocycles. The Labute approximate surface area is 114 Å². The van der Waals surface area contributed by atoms with Crippen LogP contribution in [0.3, 0.4) is 0 Å². The van der Waals surface area contributed by atoms with Crippen LogP contribution in [0.1, 0.15) is 24.0 Å². The van der Waals surface area contributed by atoms with Gasteiger partial charge in [-0.3, -0.25) is 0 Å². The van der Waals surface area contributed by atoms with Gasteiger partial charge in [0.1, 0.15) is 0 Å². The van der Waals surface area contributed by atoms with Gasteiger partial charge in [-0.2, -0.15) is 5.26 Å². The van der Waals surface area contributed by atoms with Gasteiger partial charge in [0.2, 0.25) is 0 Å². The van der Waals surface area contributed by atoms with E-state index in [1.54, 1.807) is 0 Å². The molecule has 1 aromatic rings. The smallest absolute Gasteiger partial charge is 0.150 e. The Morgan fingerprint density at radius 1 is 1.26 bits per heavy atom. The minimum atomic E-state index is -2.92. The van der Waals surface area contributed by atoms with Crippen LogP contribution in [0.5, 0.6) is 0 Å². The molecule has 0 N–H and O–H groups in total. The van der Waals surface area contributed by atoms with Crippen molar-refractivity contribution >= 4 is 9.84 Å². The van der Waals surface area contributed by atoms with Crippen molar-refractivity contribution in [3.05, 3.63) is 35.4 Å². The zero-order valence-electron chi connectivity index (χ0n) is 10.8. The van der Waals surface area contributed by atoms with Crippen molar-refractivity contribution < 1.29 is 8.42 Å². The average Bonchev–Trinajstić information content (AvgIpc) is 2.79. The number of nitriles is 1. The summed E-state index contributed by atoms with van der Waals surface area (Å²) < 4.78 is 23.4. The summed E-state index contributed by atoms with van der Waals surface area (Å²) in [5.74, 6) is 0.460. The molecule has 4 heteroatoms. The quantitative estimate of drug-likeness (QED) is 0.789. The van der Waals surface area contributed by atoms with Crippen molar-refractivity contribution in [2.24, 2.45) is 11.3 Å². The molecule has 1 fully saturated rings. The lowest BCUT2D eigenvalue weighted by Gasteiger charge is -2.36. The molecule has 0 bridgehead atoms. The SMILES string of the molecule is N#CC1(C2CCS(=O)(=O)C2)CCc2ccccc2C1. The second-order valence-electron chi connectivity index (χ2n) is 5.81. The average molecular weight is 275 g/mol. The molecule has 100 valence electrons. The molecule has 0 saturated carbocycles. The molecule has 3 rings (SSSR count). The van der Waals surface area contributed by atoms with Gasteiger partial charge in [-0.1, -0.05) is 24.3 Å². The summed E-state index contributed by atoms with van der Waals surface area (Å²) in [5.41, 5.74) is 2.06. The van der Waals surface area contributed by atoms with Crippen LogP contribution >= 0.6 is 0 Å². The van der Waals surface area contributed by atoms with Crippen LogP contribution < -0.4 is 0 Å². The number of hydrogen-bond donors (Lipinski definition) is 0. The maximum atomic E-state index is 11.7. The Hall–Kier alpha value is -1.34. The Bertz CT molecular complexity index is 644. The summed E-state index contributed by atoms with van der Waals surface area (Å²) in [6, 6.07) is 10.7. The van der Waals surface area contributed by atoms with E-state index in [0.29, 0.717) is 12.8 Å². The first-order valence-electron chi connectivity index (χ1n) is 6.73. The van der Waals surface area contributed by atoms with Gasteiger partial charge in [-0.25, -0.2) is 8.42 Å². The van der Waals surface area contributed by atoms with E-state index in [9.17, 15) is 13.7 Å². The standard InChI is InChI=1S/C15H17NO2S/c16-11-15(14-6-8-19(17,18)10-14)7-5-12-3-1-2-4-13(12)9-15/h1-4,14H,5-10H2. The molecule has 2 atom stereocenters. The van der Waals surface area contributed by atoms with Crippen LogP contribution in [-0.2, 0) is 22.7 Å². The van der Waals surface area contributed by atoms with E-state index in [4.69, 9.17) is 0 Å². The lowest BCUT2D eigenvalue weighted by atomic mass is 9.65. The zero-order valence-corrected chi connectivity index (χ0v) is 11.6. The van der Waals surface area contributed by atoms with Gasteiger partial charge in [-0.05, 0) is 42.7 Å². The van der Waals surface area contributed by atoms with Gasteiger partial charge in [-0.15, -0.1) is 0 Å². The van der Waals surface area contributed by atoms with Gasteiger partial charge in [0, 0.05) is 0 Å². The molecule has 1 aliphatic carbocycles. The third kappa shape index (κ3) is 2.17. The monoisotopic (exact) mass is 275 g/mol. The molecule has 1 saturated heterocycles. The van der Waals surface area contributed by atoms with E-state index in [2.05, 4.69) is 18.2 Å². The molecule has 2 unspecified atom stereocenters. The van der Waals surface area contributed by atoms with Gasteiger partial charge >= 0.3 is 0 Å². The number of rotatable bonds is 1. The predicted molar refractivity (Wildman–Crippen MR) is 73.3 cm³/mol. The lowest BCUT2D eigenvalue weighted by Crippen LogP contribution is -2.36. The number of nitrogens with zero attached hydrogens (tertiary/aromatic N) is 1. The summed E-state index contributed by atoms with van der Waals surface area (Å²) in [6.07, 6.45) is 3.04. The highest BCUT2D eigenvalue weighted by Gasteiger charge is 2.46. The number of benzene rings is 1. The highest BCUT2D eigenvalue weighted by Crippen LogP contribution is 2.45. The first-order valence-corrected chi connectivity index (χ1v) is 8.55. The van der Waals surface area contributed by atoms with Crippen molar-refractivity contribution in [3.63, 3.8) is 0 Å². The van der Waals surface area contributed by atoms with Crippen molar-refractivity contribution in [2.75, 3.05) is 11.5 Å². The fourth-order valence-corrected chi connectivity index (χ4v) is 5.43. The van der Waals surface area contributed by atoms with Crippen molar-refractivity contribution in [1.29, 1.82) is 5.26 Å². The fourth-order valence-electron chi connectivity index (χ4n) is 3.53. The molecule has 0 radical (unpaired) electrons. The van der Waals surface area contributed by atoms with Crippen LogP contribution in [0.2, 0.25) is 0 Å². The van der Waals surface area contributed by atoms with Gasteiger partial charge in [0.25, 0.3) is 0 Å². The molecule has 3 nitrogen and oxygen atoms in total. The van der Waals surface area contributed by atoms with Crippen LogP contribution in [0.15, 0.2) is 24.3 Å². The zero-order chi connectivity index (χ0) is 13.5. The second kappa shape index (κ2) is 4.35. The van der Waals surface area contributed by atoms with Crippen molar-refractivity contribution in [3.8, 4) is 6.07 Å².